The van der Waals surface area contributed by atoms with Crippen molar-refractivity contribution >= 4 is 39.8 Å². The van der Waals surface area contributed by atoms with Crippen molar-refractivity contribution in [1.82, 2.24) is 5.01 Å². The van der Waals surface area contributed by atoms with Crippen molar-refractivity contribution in [2.75, 3.05) is 19.8 Å². The number of carbonyl (C=O) groups excluding carboxylic acids is 1. The highest BCUT2D eigenvalue weighted by molar-refractivity contribution is 8.26. The van der Waals surface area contributed by atoms with E-state index >= 15 is 0 Å². The van der Waals surface area contributed by atoms with Crippen molar-refractivity contribution in [2.45, 2.75) is 27.7 Å². The lowest BCUT2D eigenvalue weighted by Gasteiger charge is -2.20. The number of benzene rings is 2. The van der Waals surface area contributed by atoms with Crippen LogP contribution in [0.2, 0.25) is 0 Å². The molecule has 1 amide bonds. The minimum Gasteiger partial charge on any atom is -0.490 e. The molecule has 0 saturated heterocycles. The summed E-state index contributed by atoms with van der Waals surface area (Å²) in [5, 5.41) is 15.2. The minimum atomic E-state index is -0.463. The number of nitrogens with one attached hydrogen (secondary N) is 1. The Morgan fingerprint density at radius 2 is 1.74 bits per heavy atom. The lowest BCUT2D eigenvalue weighted by molar-refractivity contribution is -0.114. The van der Waals surface area contributed by atoms with Gasteiger partial charge < -0.3 is 14.2 Å². The molecule has 0 aromatic heterocycles. The summed E-state index contributed by atoms with van der Waals surface area (Å²) in [6, 6.07) is 11.5. The summed E-state index contributed by atoms with van der Waals surface area (Å²) in [7, 11) is 0. The molecule has 2 aliphatic rings. The van der Waals surface area contributed by atoms with E-state index in [9.17, 15) is 4.79 Å². The average molecular weight is 479 g/mol. The number of aliphatic imine (C=N–C) groups is 1. The van der Waals surface area contributed by atoms with E-state index in [-0.39, 0.29) is 11.4 Å². The number of thioether (sulfide) groups is 1. The normalized spacial score (nSPS) is 16.4. The third-order valence-corrected chi connectivity index (χ3v) is 5.76. The molecule has 1 N–H and O–H groups in total. The van der Waals surface area contributed by atoms with E-state index in [2.05, 4.69) is 16.2 Å². The number of hydrazone groups is 1. The maximum absolute atomic E-state index is 12.5. The van der Waals surface area contributed by atoms with Crippen molar-refractivity contribution < 1.29 is 19.0 Å². The molecule has 2 aromatic carbocycles. The lowest BCUT2D eigenvalue weighted by Crippen LogP contribution is -2.35. The number of hydrogen-bond acceptors (Lipinski definition) is 7. The van der Waals surface area contributed by atoms with Crippen molar-refractivity contribution in [3.63, 3.8) is 0 Å². The van der Waals surface area contributed by atoms with Gasteiger partial charge in [0.15, 0.2) is 17.3 Å². The van der Waals surface area contributed by atoms with Gasteiger partial charge in [-0.3, -0.25) is 10.2 Å². The predicted molar refractivity (Wildman–Crippen MR) is 135 cm³/mol. The van der Waals surface area contributed by atoms with Crippen LogP contribution in [-0.4, -0.2) is 46.8 Å². The van der Waals surface area contributed by atoms with Gasteiger partial charge in [0.05, 0.1) is 17.2 Å². The van der Waals surface area contributed by atoms with Gasteiger partial charge in [0, 0.05) is 0 Å². The summed E-state index contributed by atoms with van der Waals surface area (Å²) in [5.41, 5.74) is 3.16. The highest BCUT2D eigenvalue weighted by Gasteiger charge is 2.34. The van der Waals surface area contributed by atoms with Gasteiger partial charge in [0.1, 0.15) is 19.0 Å². The van der Waals surface area contributed by atoms with Crippen LogP contribution >= 0.6 is 11.8 Å². The number of hydrogen-bond donors (Lipinski definition) is 1. The van der Waals surface area contributed by atoms with Crippen LogP contribution < -0.4 is 14.2 Å². The zero-order valence-corrected chi connectivity index (χ0v) is 20.4. The van der Waals surface area contributed by atoms with E-state index in [1.54, 1.807) is 18.2 Å². The first kappa shape index (κ1) is 23.6. The van der Waals surface area contributed by atoms with Crippen molar-refractivity contribution in [3.05, 3.63) is 58.7 Å². The van der Waals surface area contributed by atoms with Crippen molar-refractivity contribution in [1.29, 1.82) is 5.41 Å². The number of fused-ring (bicyclic) bond motifs is 1. The second-order valence-corrected chi connectivity index (χ2v) is 8.96. The van der Waals surface area contributed by atoms with Crippen LogP contribution in [0.25, 0.3) is 6.08 Å². The van der Waals surface area contributed by atoms with Crippen molar-refractivity contribution in [3.8, 4) is 17.2 Å². The van der Waals surface area contributed by atoms with Gasteiger partial charge in [-0.25, -0.2) is 0 Å². The molecule has 0 unspecified atom stereocenters. The Balaban J connectivity index is 1.46. The molecule has 2 aromatic rings. The first-order chi connectivity index (χ1) is 16.3. The molecule has 0 radical (unpaired) electrons. The molecule has 2 aliphatic heterocycles. The minimum absolute atomic E-state index is 0.00108. The van der Waals surface area contributed by atoms with E-state index in [0.29, 0.717) is 42.1 Å². The molecule has 0 aliphatic carbocycles. The van der Waals surface area contributed by atoms with Crippen LogP contribution in [0, 0.1) is 19.3 Å². The van der Waals surface area contributed by atoms with Crippen LogP contribution in [0.4, 0.5) is 0 Å². The van der Waals surface area contributed by atoms with Gasteiger partial charge in [-0.15, -0.1) is 0 Å². The Morgan fingerprint density at radius 3 is 2.47 bits per heavy atom. The lowest BCUT2D eigenvalue weighted by atomic mass is 10.1. The average Bonchev–Trinajstić information content (AvgIpc) is 3.15. The Bertz CT molecular complexity index is 1220. The summed E-state index contributed by atoms with van der Waals surface area (Å²) >= 11 is 1.28. The molecule has 0 fully saturated rings. The van der Waals surface area contributed by atoms with Crippen molar-refractivity contribution in [2.24, 2.45) is 10.1 Å². The monoisotopic (exact) mass is 478 g/mol. The molecule has 0 saturated carbocycles. The maximum atomic E-state index is 12.5. The molecule has 2 heterocycles. The van der Waals surface area contributed by atoms with Crippen LogP contribution in [0.15, 0.2) is 52.1 Å². The molecule has 0 spiro atoms. The van der Waals surface area contributed by atoms with E-state index < -0.39 is 5.91 Å². The summed E-state index contributed by atoms with van der Waals surface area (Å²) in [5.74, 6) is 1.48. The smallest absolute Gasteiger partial charge is 0.283 e. The van der Waals surface area contributed by atoms with Crippen LogP contribution in [0.5, 0.6) is 17.2 Å². The molecule has 0 atom stereocenters. The molecule has 34 heavy (non-hydrogen) atoms. The highest BCUT2D eigenvalue weighted by Crippen LogP contribution is 2.31. The van der Waals surface area contributed by atoms with Gasteiger partial charge >= 0.3 is 0 Å². The number of rotatable bonds is 8. The molecular formula is C25H26N4O4S. The third kappa shape index (κ3) is 5.31. The summed E-state index contributed by atoms with van der Waals surface area (Å²) in [6.45, 7) is 8.96. The fourth-order valence-electron chi connectivity index (χ4n) is 3.58. The van der Waals surface area contributed by atoms with Gasteiger partial charge in [-0.2, -0.15) is 15.1 Å². The number of amides is 1. The van der Waals surface area contributed by atoms with Crippen LogP contribution in [0.1, 0.15) is 30.5 Å². The van der Waals surface area contributed by atoms with Gasteiger partial charge in [-0.05, 0) is 86.5 Å². The number of carbonyl (C=O) groups is 1. The zero-order valence-electron chi connectivity index (χ0n) is 19.5. The van der Waals surface area contributed by atoms with E-state index in [1.165, 1.54) is 16.8 Å². The Kier molecular flexibility index (Phi) is 7.02. The molecule has 0 bridgehead atoms. The Morgan fingerprint density at radius 1 is 1.00 bits per heavy atom. The largest absolute Gasteiger partial charge is 0.490 e. The molecule has 8 nitrogen and oxygen atoms in total. The van der Waals surface area contributed by atoms with E-state index in [0.717, 1.165) is 21.9 Å². The number of amidine groups is 2. The SMILES string of the molecule is CCOc1cc(C=C2C(=N)N3N=C(C)SC3=NC2=O)ccc1OCCOc1cc(C)cc(C)c1. The first-order valence-electron chi connectivity index (χ1n) is 10.9. The fourth-order valence-corrected chi connectivity index (χ4v) is 4.32. The Hall–Kier alpha value is -3.59. The highest BCUT2D eigenvalue weighted by atomic mass is 32.2. The van der Waals surface area contributed by atoms with E-state index in [1.807, 2.05) is 45.9 Å². The standard InChI is InChI=1S/C25H26N4O4S/c1-5-31-22-14-18(13-20-23(26)29-25(27-24(20)30)34-17(4)28-29)6-7-21(22)33-9-8-32-19-11-15(2)10-16(3)12-19/h6-7,10-14,26H,5,8-9H2,1-4H3. The molecular weight excluding hydrogens is 452 g/mol. The van der Waals surface area contributed by atoms with Gasteiger partial charge in [0.25, 0.3) is 5.91 Å². The third-order valence-electron chi connectivity index (χ3n) is 4.94. The summed E-state index contributed by atoms with van der Waals surface area (Å²) < 4.78 is 17.5. The topological polar surface area (TPSA) is 96.6 Å². The predicted octanol–water partition coefficient (Wildman–Crippen LogP) is 4.80. The zero-order chi connectivity index (χ0) is 24.2. The fraction of sp³-hybridized carbons (Fsp3) is 0.280. The number of aryl methyl sites for hydroxylation is 2. The second-order valence-electron chi connectivity index (χ2n) is 7.80. The quantitative estimate of drug-likeness (QED) is 0.432. The summed E-state index contributed by atoms with van der Waals surface area (Å²) in [4.78, 5) is 16.6. The first-order valence-corrected chi connectivity index (χ1v) is 11.7. The van der Waals surface area contributed by atoms with Crippen LogP contribution in [0.3, 0.4) is 0 Å². The summed E-state index contributed by atoms with van der Waals surface area (Å²) in [6.07, 6.45) is 1.62. The number of nitrogens with zero attached hydrogens (tertiary/aromatic N) is 3. The number of ether oxygens (including phenoxy) is 3. The molecule has 176 valence electrons. The van der Waals surface area contributed by atoms with Crippen LogP contribution in [-0.2, 0) is 4.79 Å². The Labute approximate surface area is 202 Å². The van der Waals surface area contributed by atoms with Gasteiger partial charge in [-0.1, -0.05) is 12.1 Å². The molecule has 4 rings (SSSR count). The second kappa shape index (κ2) is 10.1. The maximum Gasteiger partial charge on any atom is 0.283 e. The van der Waals surface area contributed by atoms with E-state index in [4.69, 9.17) is 19.6 Å². The molecule has 9 heteroatoms. The van der Waals surface area contributed by atoms with Gasteiger partial charge in [0.2, 0.25) is 5.17 Å².